The van der Waals surface area contributed by atoms with Crippen LogP contribution in [0.2, 0.25) is 0 Å². The molecule has 0 saturated heterocycles. The summed E-state index contributed by atoms with van der Waals surface area (Å²) in [4.78, 5) is 20.2. The zero-order chi connectivity index (χ0) is 20.8. The molecule has 2 aromatic carbocycles. The molecule has 0 aliphatic rings. The lowest BCUT2D eigenvalue weighted by molar-refractivity contribution is -0.117. The number of primary amides is 1. The summed E-state index contributed by atoms with van der Waals surface area (Å²) in [5, 5.41) is 8.92. The van der Waals surface area contributed by atoms with E-state index in [1.54, 1.807) is 6.20 Å². The van der Waals surface area contributed by atoms with Gasteiger partial charge in [-0.2, -0.15) is 5.26 Å². The monoisotopic (exact) mass is 384 g/mol. The number of hydrogen-bond donors (Lipinski definition) is 1. The van der Waals surface area contributed by atoms with Crippen LogP contribution in [0, 0.1) is 25.2 Å². The van der Waals surface area contributed by atoms with Gasteiger partial charge in [0.2, 0.25) is 5.91 Å². The highest BCUT2D eigenvalue weighted by molar-refractivity contribution is 5.74. The summed E-state index contributed by atoms with van der Waals surface area (Å²) >= 11 is 0. The van der Waals surface area contributed by atoms with Gasteiger partial charge in [0.15, 0.2) is 0 Å². The van der Waals surface area contributed by atoms with Gasteiger partial charge in [0, 0.05) is 31.2 Å². The first kappa shape index (κ1) is 20.2. The molecule has 0 unspecified atom stereocenters. The van der Waals surface area contributed by atoms with Crippen LogP contribution in [0.4, 0.5) is 0 Å². The second-order valence-electron chi connectivity index (χ2n) is 7.30. The molecular formula is C24H24N4O. The first-order valence-corrected chi connectivity index (χ1v) is 9.61. The van der Waals surface area contributed by atoms with Crippen molar-refractivity contribution in [3.8, 4) is 6.07 Å². The summed E-state index contributed by atoms with van der Waals surface area (Å²) in [6, 6.07) is 15.8. The molecule has 29 heavy (non-hydrogen) atoms. The molecule has 0 fully saturated rings. The fraction of sp³-hybridized carbons (Fsp3) is 0.250. The second kappa shape index (κ2) is 9.11. The smallest absolute Gasteiger partial charge is 0.217 e. The largest absolute Gasteiger partial charge is 0.370 e. The molecule has 0 saturated carbocycles. The Bertz CT molecular complexity index is 1040. The second-order valence-corrected chi connectivity index (χ2v) is 7.30. The maximum atomic E-state index is 11.0. The molecule has 0 aliphatic carbocycles. The molecule has 0 spiro atoms. The van der Waals surface area contributed by atoms with Crippen LogP contribution < -0.4 is 5.73 Å². The number of nitrogens with two attached hydrogens (primary N) is 1. The van der Waals surface area contributed by atoms with E-state index in [-0.39, 0.29) is 5.91 Å². The Balaban J connectivity index is 1.75. The predicted molar refractivity (Wildman–Crippen MR) is 112 cm³/mol. The number of aromatic nitrogens is 2. The van der Waals surface area contributed by atoms with Gasteiger partial charge in [-0.1, -0.05) is 24.3 Å². The van der Waals surface area contributed by atoms with Crippen LogP contribution in [0.1, 0.15) is 51.3 Å². The minimum absolute atomic E-state index is 0.278. The molecule has 5 nitrogen and oxygen atoms in total. The van der Waals surface area contributed by atoms with Crippen LogP contribution in [0.3, 0.4) is 0 Å². The van der Waals surface area contributed by atoms with E-state index in [4.69, 9.17) is 16.0 Å². The number of nitrogens with zero attached hydrogens (tertiary/aromatic N) is 3. The van der Waals surface area contributed by atoms with Gasteiger partial charge in [0.25, 0.3) is 0 Å². The average molecular weight is 384 g/mol. The summed E-state index contributed by atoms with van der Waals surface area (Å²) in [7, 11) is 0. The molecule has 3 rings (SSSR count). The Morgan fingerprint density at radius 1 is 1.03 bits per heavy atom. The van der Waals surface area contributed by atoms with Gasteiger partial charge in [-0.15, -0.1) is 0 Å². The van der Waals surface area contributed by atoms with E-state index in [1.165, 1.54) is 16.7 Å². The van der Waals surface area contributed by atoms with E-state index in [1.807, 2.05) is 30.3 Å². The van der Waals surface area contributed by atoms with E-state index >= 15 is 0 Å². The quantitative estimate of drug-likeness (QED) is 0.674. The molecule has 0 atom stereocenters. The minimum Gasteiger partial charge on any atom is -0.370 e. The summed E-state index contributed by atoms with van der Waals surface area (Å²) < 4.78 is 0. The molecule has 1 aromatic heterocycles. The third-order valence-electron chi connectivity index (χ3n) is 4.98. The predicted octanol–water partition coefficient (Wildman–Crippen LogP) is 3.56. The van der Waals surface area contributed by atoms with E-state index in [0.29, 0.717) is 24.8 Å². The highest BCUT2D eigenvalue weighted by atomic mass is 16.1. The van der Waals surface area contributed by atoms with Crippen molar-refractivity contribution in [1.82, 2.24) is 9.97 Å². The minimum atomic E-state index is -0.278. The molecular weight excluding hydrogens is 360 g/mol. The third kappa shape index (κ3) is 5.49. The van der Waals surface area contributed by atoms with E-state index in [9.17, 15) is 4.79 Å². The molecule has 3 aromatic rings. The van der Waals surface area contributed by atoms with Crippen molar-refractivity contribution < 1.29 is 4.79 Å². The van der Waals surface area contributed by atoms with Crippen molar-refractivity contribution in [2.75, 3.05) is 0 Å². The Kier molecular flexibility index (Phi) is 6.36. The highest BCUT2D eigenvalue weighted by Crippen LogP contribution is 2.21. The van der Waals surface area contributed by atoms with Crippen LogP contribution in [0.5, 0.6) is 0 Å². The van der Waals surface area contributed by atoms with Gasteiger partial charge < -0.3 is 5.73 Å². The number of benzene rings is 2. The number of rotatable bonds is 7. The van der Waals surface area contributed by atoms with Gasteiger partial charge >= 0.3 is 0 Å². The summed E-state index contributed by atoms with van der Waals surface area (Å²) in [6.07, 6.45) is 4.19. The van der Waals surface area contributed by atoms with Crippen molar-refractivity contribution in [2.45, 2.75) is 39.5 Å². The first-order chi connectivity index (χ1) is 13.9. The SMILES string of the molecule is Cc1cc(CCC(N)=O)cc(C)c1Cc1ccnc(Cc2ccc(C#N)cc2)n1. The summed E-state index contributed by atoms with van der Waals surface area (Å²) in [6.45, 7) is 4.18. The molecule has 0 aliphatic heterocycles. The summed E-state index contributed by atoms with van der Waals surface area (Å²) in [5.41, 5.74) is 12.7. The van der Waals surface area contributed by atoms with Crippen molar-refractivity contribution in [2.24, 2.45) is 5.73 Å². The number of amides is 1. The number of hydrogen-bond acceptors (Lipinski definition) is 4. The molecule has 1 heterocycles. The van der Waals surface area contributed by atoms with Crippen LogP contribution in [-0.2, 0) is 24.1 Å². The number of carbonyl (C=O) groups is 1. The number of nitriles is 1. The molecule has 0 bridgehead atoms. The normalized spacial score (nSPS) is 10.5. The topological polar surface area (TPSA) is 92.7 Å². The zero-order valence-corrected chi connectivity index (χ0v) is 16.8. The van der Waals surface area contributed by atoms with Gasteiger partial charge in [-0.05, 0) is 66.3 Å². The Morgan fingerprint density at radius 2 is 1.72 bits per heavy atom. The first-order valence-electron chi connectivity index (χ1n) is 9.61. The summed E-state index contributed by atoms with van der Waals surface area (Å²) in [5.74, 6) is 0.487. The Morgan fingerprint density at radius 3 is 2.34 bits per heavy atom. The van der Waals surface area contributed by atoms with Crippen LogP contribution >= 0.6 is 0 Å². The van der Waals surface area contributed by atoms with Crippen LogP contribution in [0.25, 0.3) is 0 Å². The molecule has 5 heteroatoms. The van der Waals surface area contributed by atoms with Gasteiger partial charge in [0.05, 0.1) is 11.6 Å². The van der Waals surface area contributed by atoms with Gasteiger partial charge in [0.1, 0.15) is 5.82 Å². The van der Waals surface area contributed by atoms with Crippen molar-refractivity contribution >= 4 is 5.91 Å². The zero-order valence-electron chi connectivity index (χ0n) is 16.8. The van der Waals surface area contributed by atoms with Crippen LogP contribution in [0.15, 0.2) is 48.7 Å². The third-order valence-corrected chi connectivity index (χ3v) is 4.98. The highest BCUT2D eigenvalue weighted by Gasteiger charge is 2.09. The Hall–Kier alpha value is -3.52. The standard InChI is InChI=1S/C24H24N4O/c1-16-11-20(7-8-23(26)29)12-17(2)22(16)14-21-9-10-27-24(28-21)13-18-3-5-19(15-25)6-4-18/h3-6,9-12H,7-8,13-14H2,1-2H3,(H2,26,29). The van der Waals surface area contributed by atoms with E-state index < -0.39 is 0 Å². The van der Waals surface area contributed by atoms with Crippen molar-refractivity contribution in [3.05, 3.63) is 93.6 Å². The molecule has 0 radical (unpaired) electrons. The lowest BCUT2D eigenvalue weighted by Gasteiger charge is -2.13. The lowest BCUT2D eigenvalue weighted by Crippen LogP contribution is -2.11. The van der Waals surface area contributed by atoms with Crippen LogP contribution in [-0.4, -0.2) is 15.9 Å². The van der Waals surface area contributed by atoms with E-state index in [2.05, 4.69) is 37.0 Å². The maximum Gasteiger partial charge on any atom is 0.217 e. The van der Waals surface area contributed by atoms with Crippen molar-refractivity contribution in [3.63, 3.8) is 0 Å². The number of aryl methyl sites for hydroxylation is 3. The van der Waals surface area contributed by atoms with Gasteiger partial charge in [-0.3, -0.25) is 4.79 Å². The average Bonchev–Trinajstić information content (AvgIpc) is 2.70. The number of carbonyl (C=O) groups excluding carboxylic acids is 1. The lowest BCUT2D eigenvalue weighted by atomic mass is 9.94. The Labute approximate surface area is 171 Å². The molecule has 2 N–H and O–H groups in total. The van der Waals surface area contributed by atoms with Crippen molar-refractivity contribution in [1.29, 1.82) is 5.26 Å². The van der Waals surface area contributed by atoms with Gasteiger partial charge in [-0.25, -0.2) is 9.97 Å². The van der Waals surface area contributed by atoms with E-state index in [0.717, 1.165) is 29.1 Å². The molecule has 146 valence electrons. The molecule has 1 amide bonds. The fourth-order valence-corrected chi connectivity index (χ4v) is 3.46. The fourth-order valence-electron chi connectivity index (χ4n) is 3.46. The maximum absolute atomic E-state index is 11.0.